The van der Waals surface area contributed by atoms with Crippen molar-refractivity contribution in [3.63, 3.8) is 0 Å². The van der Waals surface area contributed by atoms with Crippen LogP contribution in [-0.4, -0.2) is 16.5 Å². The SMILES string of the molecule is CC12CCCCC1(O)CC2=O. The van der Waals surface area contributed by atoms with Gasteiger partial charge in [-0.3, -0.25) is 4.79 Å². The molecule has 2 atom stereocenters. The molecule has 0 aromatic rings. The van der Waals surface area contributed by atoms with Crippen molar-refractivity contribution >= 4 is 5.78 Å². The number of ketones is 1. The molecule has 0 aliphatic heterocycles. The Hall–Kier alpha value is -0.370. The van der Waals surface area contributed by atoms with E-state index in [0.29, 0.717) is 6.42 Å². The molecular formula is C9H14O2. The van der Waals surface area contributed by atoms with Gasteiger partial charge in [0.25, 0.3) is 0 Å². The number of aliphatic hydroxyl groups is 1. The first-order chi connectivity index (χ1) is 5.08. The van der Waals surface area contributed by atoms with Gasteiger partial charge in [-0.2, -0.15) is 0 Å². The highest BCUT2D eigenvalue weighted by molar-refractivity contribution is 5.93. The fourth-order valence-electron chi connectivity index (χ4n) is 2.44. The Morgan fingerprint density at radius 3 is 2.45 bits per heavy atom. The van der Waals surface area contributed by atoms with Gasteiger partial charge in [-0.15, -0.1) is 0 Å². The molecule has 0 spiro atoms. The molecule has 0 aromatic carbocycles. The van der Waals surface area contributed by atoms with Gasteiger partial charge in [0.1, 0.15) is 5.78 Å². The molecule has 0 radical (unpaired) electrons. The molecule has 2 unspecified atom stereocenters. The van der Waals surface area contributed by atoms with Gasteiger partial charge >= 0.3 is 0 Å². The van der Waals surface area contributed by atoms with E-state index in [4.69, 9.17) is 0 Å². The Kier molecular flexibility index (Phi) is 1.23. The number of carbonyl (C=O) groups is 1. The molecule has 2 rings (SSSR count). The molecule has 0 amide bonds. The maximum absolute atomic E-state index is 11.2. The van der Waals surface area contributed by atoms with Gasteiger partial charge in [0.05, 0.1) is 11.0 Å². The lowest BCUT2D eigenvalue weighted by Gasteiger charge is -2.55. The highest BCUT2D eigenvalue weighted by Gasteiger charge is 2.62. The zero-order chi connectivity index (χ0) is 8.11. The molecule has 11 heavy (non-hydrogen) atoms. The van der Waals surface area contributed by atoms with E-state index in [1.54, 1.807) is 0 Å². The summed E-state index contributed by atoms with van der Waals surface area (Å²) in [5, 5.41) is 9.94. The van der Waals surface area contributed by atoms with Crippen molar-refractivity contribution < 1.29 is 9.90 Å². The molecule has 2 saturated carbocycles. The van der Waals surface area contributed by atoms with Crippen molar-refractivity contribution in [3.8, 4) is 0 Å². The highest BCUT2D eigenvalue weighted by atomic mass is 16.3. The minimum Gasteiger partial charge on any atom is -0.388 e. The minimum absolute atomic E-state index is 0.264. The lowest BCUT2D eigenvalue weighted by molar-refractivity contribution is -0.190. The third-order valence-corrected chi connectivity index (χ3v) is 3.61. The summed E-state index contributed by atoms with van der Waals surface area (Å²) in [7, 11) is 0. The third kappa shape index (κ3) is 0.684. The Labute approximate surface area is 66.6 Å². The molecule has 0 heterocycles. The molecule has 2 fully saturated rings. The number of hydrogen-bond acceptors (Lipinski definition) is 2. The van der Waals surface area contributed by atoms with Crippen molar-refractivity contribution in [3.05, 3.63) is 0 Å². The lowest BCUT2D eigenvalue weighted by Crippen LogP contribution is -2.64. The number of hydrogen-bond donors (Lipinski definition) is 1. The van der Waals surface area contributed by atoms with Crippen LogP contribution in [-0.2, 0) is 4.79 Å². The summed E-state index contributed by atoms with van der Waals surface area (Å²) >= 11 is 0. The Morgan fingerprint density at radius 2 is 2.00 bits per heavy atom. The predicted molar refractivity (Wildman–Crippen MR) is 41.1 cm³/mol. The third-order valence-electron chi connectivity index (χ3n) is 3.61. The molecule has 2 aliphatic carbocycles. The van der Waals surface area contributed by atoms with Gasteiger partial charge in [0, 0.05) is 6.42 Å². The van der Waals surface area contributed by atoms with Crippen LogP contribution in [0.25, 0.3) is 0 Å². The van der Waals surface area contributed by atoms with Crippen molar-refractivity contribution in [2.45, 2.75) is 44.6 Å². The quantitative estimate of drug-likeness (QED) is 0.570. The zero-order valence-corrected chi connectivity index (χ0v) is 6.89. The summed E-state index contributed by atoms with van der Waals surface area (Å²) < 4.78 is 0. The molecule has 0 saturated heterocycles. The molecule has 1 N–H and O–H groups in total. The topological polar surface area (TPSA) is 37.3 Å². The van der Waals surface area contributed by atoms with Crippen LogP contribution in [0.4, 0.5) is 0 Å². The Bertz CT molecular complexity index is 212. The molecule has 2 heteroatoms. The van der Waals surface area contributed by atoms with E-state index in [-0.39, 0.29) is 11.2 Å². The van der Waals surface area contributed by atoms with E-state index < -0.39 is 5.60 Å². The molecule has 2 nitrogen and oxygen atoms in total. The number of fused-ring (bicyclic) bond motifs is 1. The summed E-state index contributed by atoms with van der Waals surface area (Å²) in [6, 6.07) is 0. The first kappa shape index (κ1) is 7.29. The van der Waals surface area contributed by atoms with Crippen LogP contribution in [0.1, 0.15) is 39.0 Å². The first-order valence-electron chi connectivity index (χ1n) is 4.34. The summed E-state index contributed by atoms with van der Waals surface area (Å²) in [5.41, 5.74) is -0.992. The van der Waals surface area contributed by atoms with E-state index in [0.717, 1.165) is 25.7 Å². The average Bonchev–Trinajstić information content (AvgIpc) is 1.96. The van der Waals surface area contributed by atoms with E-state index in [9.17, 15) is 9.90 Å². The molecule has 62 valence electrons. The fraction of sp³-hybridized carbons (Fsp3) is 0.889. The van der Waals surface area contributed by atoms with Gasteiger partial charge in [-0.05, 0) is 19.8 Å². The van der Waals surface area contributed by atoms with E-state index in [1.807, 2.05) is 6.92 Å². The maximum Gasteiger partial charge on any atom is 0.144 e. The van der Waals surface area contributed by atoms with E-state index >= 15 is 0 Å². The summed E-state index contributed by atoms with van der Waals surface area (Å²) in [5.74, 6) is 0.264. The van der Waals surface area contributed by atoms with Crippen LogP contribution in [0.3, 0.4) is 0 Å². The largest absolute Gasteiger partial charge is 0.388 e. The second-order valence-electron chi connectivity index (χ2n) is 4.17. The van der Waals surface area contributed by atoms with Crippen LogP contribution in [0.2, 0.25) is 0 Å². The summed E-state index contributed by atoms with van der Waals surface area (Å²) in [6.07, 6.45) is 4.31. The minimum atomic E-state index is -0.623. The summed E-state index contributed by atoms with van der Waals surface area (Å²) in [4.78, 5) is 11.2. The van der Waals surface area contributed by atoms with Gasteiger partial charge in [-0.1, -0.05) is 12.8 Å². The van der Waals surface area contributed by atoms with E-state index in [2.05, 4.69) is 0 Å². The molecular weight excluding hydrogens is 140 g/mol. The average molecular weight is 154 g/mol. The van der Waals surface area contributed by atoms with E-state index in [1.165, 1.54) is 0 Å². The summed E-state index contributed by atoms with van der Waals surface area (Å²) in [6.45, 7) is 1.91. The van der Waals surface area contributed by atoms with Crippen LogP contribution >= 0.6 is 0 Å². The van der Waals surface area contributed by atoms with Crippen molar-refractivity contribution in [1.29, 1.82) is 0 Å². The maximum atomic E-state index is 11.2. The zero-order valence-electron chi connectivity index (χ0n) is 6.89. The van der Waals surface area contributed by atoms with Gasteiger partial charge in [-0.25, -0.2) is 0 Å². The van der Waals surface area contributed by atoms with Gasteiger partial charge in [0.2, 0.25) is 0 Å². The second kappa shape index (κ2) is 1.86. The standard InChI is InChI=1S/C9H14O2/c1-8-4-2-3-5-9(8,11)6-7(8)10/h11H,2-6H2,1H3. The molecule has 0 bridgehead atoms. The van der Waals surface area contributed by atoms with Gasteiger partial charge < -0.3 is 5.11 Å². The Morgan fingerprint density at radius 1 is 1.36 bits per heavy atom. The van der Waals surface area contributed by atoms with Gasteiger partial charge in [0.15, 0.2) is 0 Å². The normalized spacial score (nSPS) is 49.8. The predicted octanol–water partition coefficient (Wildman–Crippen LogP) is 1.27. The van der Waals surface area contributed by atoms with Crippen molar-refractivity contribution in [1.82, 2.24) is 0 Å². The fourth-order valence-corrected chi connectivity index (χ4v) is 2.44. The monoisotopic (exact) mass is 154 g/mol. The lowest BCUT2D eigenvalue weighted by atomic mass is 9.51. The molecule has 2 aliphatic rings. The number of Topliss-reactive ketones (excluding diaryl/α,β-unsaturated/α-hetero) is 1. The van der Waals surface area contributed by atoms with Crippen LogP contribution in [0.5, 0.6) is 0 Å². The van der Waals surface area contributed by atoms with Crippen LogP contribution in [0.15, 0.2) is 0 Å². The number of carbonyl (C=O) groups excluding carboxylic acids is 1. The van der Waals surface area contributed by atoms with Crippen LogP contribution in [0, 0.1) is 5.41 Å². The highest BCUT2D eigenvalue weighted by Crippen LogP contribution is 2.55. The first-order valence-corrected chi connectivity index (χ1v) is 4.34. The second-order valence-corrected chi connectivity index (χ2v) is 4.17. The van der Waals surface area contributed by atoms with Crippen molar-refractivity contribution in [2.24, 2.45) is 5.41 Å². The number of rotatable bonds is 0. The smallest absolute Gasteiger partial charge is 0.144 e. The van der Waals surface area contributed by atoms with Crippen molar-refractivity contribution in [2.75, 3.05) is 0 Å². The molecule has 0 aromatic heterocycles. The Balaban J connectivity index is 2.27. The van der Waals surface area contributed by atoms with Crippen LogP contribution < -0.4 is 0 Å².